The summed E-state index contributed by atoms with van der Waals surface area (Å²) in [5.41, 5.74) is 1.15. The van der Waals surface area contributed by atoms with E-state index in [1.54, 1.807) is 31.4 Å². The first-order valence-corrected chi connectivity index (χ1v) is 9.91. The van der Waals surface area contributed by atoms with Gasteiger partial charge >= 0.3 is 0 Å². The Kier molecular flexibility index (Phi) is 7.05. The summed E-state index contributed by atoms with van der Waals surface area (Å²) in [4.78, 5) is 29.3. The van der Waals surface area contributed by atoms with Gasteiger partial charge in [0.2, 0.25) is 0 Å². The second kappa shape index (κ2) is 9.91. The number of amides is 2. The maximum atomic E-state index is 12.6. The van der Waals surface area contributed by atoms with Crippen molar-refractivity contribution in [2.75, 3.05) is 19.5 Å². The summed E-state index contributed by atoms with van der Waals surface area (Å²) >= 11 is 0. The van der Waals surface area contributed by atoms with Gasteiger partial charge in [0.05, 0.1) is 14.2 Å². The van der Waals surface area contributed by atoms with Gasteiger partial charge in [-0.1, -0.05) is 25.7 Å². The number of carbonyl (C=O) groups excluding carboxylic acids is 2. The molecule has 0 unspecified atom stereocenters. The van der Waals surface area contributed by atoms with Crippen LogP contribution in [0.15, 0.2) is 36.5 Å². The van der Waals surface area contributed by atoms with Gasteiger partial charge in [-0.05, 0) is 37.1 Å². The van der Waals surface area contributed by atoms with E-state index in [-0.39, 0.29) is 17.6 Å². The Hall–Kier alpha value is -3.09. The molecule has 2 N–H and O–H groups in total. The van der Waals surface area contributed by atoms with Gasteiger partial charge in [-0.2, -0.15) is 0 Å². The molecular weight excluding hydrogens is 370 g/mol. The van der Waals surface area contributed by atoms with E-state index >= 15 is 0 Å². The van der Waals surface area contributed by atoms with Gasteiger partial charge in [0, 0.05) is 29.6 Å². The molecule has 1 aromatic carbocycles. The molecule has 7 nitrogen and oxygen atoms in total. The van der Waals surface area contributed by atoms with E-state index in [0.29, 0.717) is 22.7 Å². The van der Waals surface area contributed by atoms with Gasteiger partial charge in [0.25, 0.3) is 11.8 Å². The fourth-order valence-corrected chi connectivity index (χ4v) is 3.50. The molecule has 1 saturated carbocycles. The zero-order valence-corrected chi connectivity index (χ0v) is 16.9. The highest BCUT2D eigenvalue weighted by atomic mass is 16.5. The lowest BCUT2D eigenvalue weighted by atomic mass is 10.1. The van der Waals surface area contributed by atoms with Gasteiger partial charge in [-0.3, -0.25) is 14.6 Å². The molecule has 1 aromatic heterocycles. The SMILES string of the molecule is COc1ccc(NC(=O)c2cc(C(=O)NC3CCCCCC3)ccn2)cc1OC. The number of methoxy groups -OCH3 is 2. The average Bonchev–Trinajstić information content (AvgIpc) is 3.02. The first kappa shape index (κ1) is 20.6. The number of nitrogens with zero attached hydrogens (tertiary/aromatic N) is 1. The molecule has 2 amide bonds. The molecule has 2 aromatic rings. The Bertz CT molecular complexity index is 861. The van der Waals surface area contributed by atoms with Gasteiger partial charge in [-0.25, -0.2) is 0 Å². The highest BCUT2D eigenvalue weighted by Crippen LogP contribution is 2.29. The van der Waals surface area contributed by atoms with Crippen LogP contribution < -0.4 is 20.1 Å². The van der Waals surface area contributed by atoms with Crippen molar-refractivity contribution in [1.29, 1.82) is 0 Å². The van der Waals surface area contributed by atoms with E-state index in [2.05, 4.69) is 15.6 Å². The topological polar surface area (TPSA) is 89.5 Å². The van der Waals surface area contributed by atoms with Crippen molar-refractivity contribution in [2.45, 2.75) is 44.6 Å². The molecule has 3 rings (SSSR count). The Morgan fingerprint density at radius 2 is 1.66 bits per heavy atom. The highest BCUT2D eigenvalue weighted by Gasteiger charge is 2.17. The van der Waals surface area contributed by atoms with E-state index in [1.165, 1.54) is 32.2 Å². The molecule has 0 radical (unpaired) electrons. The highest BCUT2D eigenvalue weighted by molar-refractivity contribution is 6.05. The summed E-state index contributed by atoms with van der Waals surface area (Å²) in [6.07, 6.45) is 8.21. The molecule has 29 heavy (non-hydrogen) atoms. The zero-order chi connectivity index (χ0) is 20.6. The maximum absolute atomic E-state index is 12.6. The number of benzene rings is 1. The minimum absolute atomic E-state index is 0.167. The van der Waals surface area contributed by atoms with Crippen molar-refractivity contribution in [3.05, 3.63) is 47.8 Å². The van der Waals surface area contributed by atoms with Crippen LogP contribution in [0.25, 0.3) is 0 Å². The Morgan fingerprint density at radius 3 is 2.34 bits per heavy atom. The summed E-state index contributed by atoms with van der Waals surface area (Å²) in [5.74, 6) is 0.511. The molecule has 154 valence electrons. The quantitative estimate of drug-likeness (QED) is 0.724. The Morgan fingerprint density at radius 1 is 0.931 bits per heavy atom. The smallest absolute Gasteiger partial charge is 0.274 e. The standard InChI is InChI=1S/C22H27N3O4/c1-28-19-10-9-17(14-20(19)29-2)25-22(27)18-13-15(11-12-23-18)21(26)24-16-7-5-3-4-6-8-16/h9-14,16H,3-8H2,1-2H3,(H,24,26)(H,25,27). The van der Waals surface area contributed by atoms with Crippen LogP contribution >= 0.6 is 0 Å². The molecule has 7 heteroatoms. The van der Waals surface area contributed by atoms with Gasteiger partial charge < -0.3 is 20.1 Å². The predicted molar refractivity (Wildman–Crippen MR) is 111 cm³/mol. The summed E-state index contributed by atoms with van der Waals surface area (Å²) in [7, 11) is 3.08. The maximum Gasteiger partial charge on any atom is 0.274 e. The van der Waals surface area contributed by atoms with Crippen LogP contribution in [-0.4, -0.2) is 37.1 Å². The molecule has 0 atom stereocenters. The van der Waals surface area contributed by atoms with Crippen molar-refractivity contribution in [2.24, 2.45) is 0 Å². The van der Waals surface area contributed by atoms with E-state index < -0.39 is 5.91 Å². The summed E-state index contributed by atoms with van der Waals surface area (Å²) < 4.78 is 10.4. The Balaban J connectivity index is 1.68. The first-order valence-electron chi connectivity index (χ1n) is 9.91. The number of aromatic nitrogens is 1. The van der Waals surface area contributed by atoms with E-state index in [9.17, 15) is 9.59 Å². The molecule has 0 aliphatic heterocycles. The lowest BCUT2D eigenvalue weighted by Gasteiger charge is -2.16. The van der Waals surface area contributed by atoms with Crippen molar-refractivity contribution < 1.29 is 19.1 Å². The van der Waals surface area contributed by atoms with Crippen molar-refractivity contribution in [1.82, 2.24) is 10.3 Å². The molecular formula is C22H27N3O4. The van der Waals surface area contributed by atoms with Crippen LogP contribution in [0.2, 0.25) is 0 Å². The minimum atomic E-state index is -0.402. The van der Waals surface area contributed by atoms with Crippen molar-refractivity contribution >= 4 is 17.5 Å². The normalized spacial score (nSPS) is 14.6. The van der Waals surface area contributed by atoms with E-state index in [0.717, 1.165) is 25.7 Å². The van der Waals surface area contributed by atoms with Crippen molar-refractivity contribution in [3.63, 3.8) is 0 Å². The van der Waals surface area contributed by atoms with Gasteiger partial charge in [-0.15, -0.1) is 0 Å². The summed E-state index contributed by atoms with van der Waals surface area (Å²) in [6.45, 7) is 0. The van der Waals surface area contributed by atoms with Crippen LogP contribution in [0.3, 0.4) is 0 Å². The third-order valence-electron chi connectivity index (χ3n) is 5.09. The molecule has 1 aliphatic rings. The monoisotopic (exact) mass is 397 g/mol. The predicted octanol–water partition coefficient (Wildman–Crippen LogP) is 3.80. The average molecular weight is 397 g/mol. The molecule has 1 heterocycles. The van der Waals surface area contributed by atoms with Crippen LogP contribution in [0.4, 0.5) is 5.69 Å². The molecule has 1 aliphatic carbocycles. The fraction of sp³-hybridized carbons (Fsp3) is 0.409. The third-order valence-corrected chi connectivity index (χ3v) is 5.09. The van der Waals surface area contributed by atoms with E-state index in [4.69, 9.17) is 9.47 Å². The number of nitrogens with one attached hydrogen (secondary N) is 2. The number of hydrogen-bond acceptors (Lipinski definition) is 5. The number of ether oxygens (including phenoxy) is 2. The first-order chi connectivity index (χ1) is 14.1. The summed E-state index contributed by atoms with van der Waals surface area (Å²) in [6, 6.07) is 8.42. The fourth-order valence-electron chi connectivity index (χ4n) is 3.50. The lowest BCUT2D eigenvalue weighted by molar-refractivity contribution is 0.0933. The number of anilines is 1. The van der Waals surface area contributed by atoms with Gasteiger partial charge in [0.15, 0.2) is 11.5 Å². The molecule has 0 spiro atoms. The number of hydrogen-bond donors (Lipinski definition) is 2. The van der Waals surface area contributed by atoms with Gasteiger partial charge in [0.1, 0.15) is 5.69 Å². The minimum Gasteiger partial charge on any atom is -0.493 e. The molecule has 1 fully saturated rings. The van der Waals surface area contributed by atoms with E-state index in [1.807, 2.05) is 0 Å². The number of carbonyl (C=O) groups is 2. The number of rotatable bonds is 6. The lowest BCUT2D eigenvalue weighted by Crippen LogP contribution is -2.34. The largest absolute Gasteiger partial charge is 0.493 e. The van der Waals surface area contributed by atoms with Crippen LogP contribution in [0.1, 0.15) is 59.4 Å². The summed E-state index contributed by atoms with van der Waals surface area (Å²) in [5, 5.41) is 5.86. The zero-order valence-electron chi connectivity index (χ0n) is 16.9. The Labute approximate surface area is 170 Å². The van der Waals surface area contributed by atoms with Crippen molar-refractivity contribution in [3.8, 4) is 11.5 Å². The molecule has 0 saturated heterocycles. The van der Waals surface area contributed by atoms with Crippen LogP contribution in [-0.2, 0) is 0 Å². The second-order valence-electron chi connectivity index (χ2n) is 7.12. The molecule has 0 bridgehead atoms. The van der Waals surface area contributed by atoms with Crippen LogP contribution in [0, 0.1) is 0 Å². The second-order valence-corrected chi connectivity index (χ2v) is 7.12. The van der Waals surface area contributed by atoms with Crippen LogP contribution in [0.5, 0.6) is 11.5 Å². The third kappa shape index (κ3) is 5.47. The number of pyridine rings is 1.